The molecule has 0 aromatic carbocycles. The van der Waals surface area contributed by atoms with Gasteiger partial charge in [0.2, 0.25) is 0 Å². The highest BCUT2D eigenvalue weighted by atomic mass is 16.6. The van der Waals surface area contributed by atoms with Crippen LogP contribution < -0.4 is 0 Å². The van der Waals surface area contributed by atoms with Crippen molar-refractivity contribution < 1.29 is 35.0 Å². The highest BCUT2D eigenvalue weighted by Gasteiger charge is 2.46. The molecule has 0 aromatic rings. The van der Waals surface area contributed by atoms with Crippen LogP contribution in [0.3, 0.4) is 0 Å². The Morgan fingerprint density at radius 1 is 1.06 bits per heavy atom. The molecule has 2 heterocycles. The molecule has 0 spiro atoms. The maximum atomic E-state index is 9.71. The highest BCUT2D eigenvalue weighted by Crippen LogP contribution is 2.26. The van der Waals surface area contributed by atoms with E-state index in [0.29, 0.717) is 6.61 Å². The molecule has 0 bridgehead atoms. The monoisotopic (exact) mass is 236 g/mol. The molecule has 7 nitrogen and oxygen atoms in total. The molecule has 0 radical (unpaired) electrons. The van der Waals surface area contributed by atoms with Crippen LogP contribution >= 0.6 is 0 Å². The van der Waals surface area contributed by atoms with Crippen LogP contribution in [0, 0.1) is 0 Å². The summed E-state index contributed by atoms with van der Waals surface area (Å²) in [5.74, 6) is 0. The first-order valence-corrected chi connectivity index (χ1v) is 5.18. The number of aliphatic hydroxyl groups is 5. The lowest BCUT2D eigenvalue weighted by Crippen LogP contribution is -2.60. The van der Waals surface area contributed by atoms with Crippen molar-refractivity contribution in [1.29, 1.82) is 0 Å². The van der Waals surface area contributed by atoms with Gasteiger partial charge in [0.05, 0.1) is 18.8 Å². The van der Waals surface area contributed by atoms with Gasteiger partial charge in [0.15, 0.2) is 6.29 Å². The second-order valence-corrected chi connectivity index (χ2v) is 4.22. The summed E-state index contributed by atoms with van der Waals surface area (Å²) < 4.78 is 9.77. The van der Waals surface area contributed by atoms with Crippen LogP contribution in [0.4, 0.5) is 0 Å². The molecule has 2 aliphatic rings. The molecule has 2 saturated heterocycles. The number of hydrogen-bond acceptors (Lipinski definition) is 7. The van der Waals surface area contributed by atoms with E-state index in [2.05, 4.69) is 0 Å². The summed E-state index contributed by atoms with van der Waals surface area (Å²) >= 11 is 0. The van der Waals surface area contributed by atoms with E-state index in [-0.39, 0.29) is 12.5 Å². The molecule has 2 unspecified atom stereocenters. The fraction of sp³-hybridized carbons (Fsp3) is 1.00. The summed E-state index contributed by atoms with van der Waals surface area (Å²) in [6.07, 6.45) is -8.15. The number of rotatable bonds is 3. The molecule has 7 heteroatoms. The summed E-state index contributed by atoms with van der Waals surface area (Å²) in [6, 6.07) is 0. The number of aliphatic hydroxyl groups excluding tert-OH is 5. The molecule has 2 aliphatic heterocycles. The molecule has 5 N–H and O–H groups in total. The van der Waals surface area contributed by atoms with Crippen LogP contribution in [0.5, 0.6) is 0 Å². The van der Waals surface area contributed by atoms with Gasteiger partial charge in [-0.15, -0.1) is 0 Å². The van der Waals surface area contributed by atoms with E-state index >= 15 is 0 Å². The van der Waals surface area contributed by atoms with Gasteiger partial charge in [-0.3, -0.25) is 0 Å². The third kappa shape index (κ3) is 2.35. The Balaban J connectivity index is 1.96. The Labute approximate surface area is 91.8 Å². The third-order valence-electron chi connectivity index (χ3n) is 2.91. The van der Waals surface area contributed by atoms with Crippen molar-refractivity contribution in [2.75, 3.05) is 6.61 Å². The van der Waals surface area contributed by atoms with Gasteiger partial charge in [-0.1, -0.05) is 0 Å². The minimum Gasteiger partial charge on any atom is -0.390 e. The Bertz CT molecular complexity index is 244. The van der Waals surface area contributed by atoms with Crippen LogP contribution in [-0.4, -0.2) is 75.1 Å². The molecule has 94 valence electrons. The second kappa shape index (κ2) is 4.53. The molecule has 7 atom stereocenters. The third-order valence-corrected chi connectivity index (χ3v) is 2.91. The first-order chi connectivity index (χ1) is 7.50. The Hall–Kier alpha value is -0.280. The molecule has 0 amide bonds. The maximum absolute atomic E-state index is 9.71. The van der Waals surface area contributed by atoms with Crippen molar-refractivity contribution in [2.45, 2.75) is 49.3 Å². The van der Waals surface area contributed by atoms with E-state index in [1.54, 1.807) is 0 Å². The van der Waals surface area contributed by atoms with Crippen LogP contribution in [0.15, 0.2) is 0 Å². The van der Waals surface area contributed by atoms with E-state index in [1.807, 2.05) is 0 Å². The van der Waals surface area contributed by atoms with Crippen molar-refractivity contribution in [1.82, 2.24) is 0 Å². The van der Waals surface area contributed by atoms with Crippen molar-refractivity contribution in [3.05, 3.63) is 0 Å². The Morgan fingerprint density at radius 3 is 2.25 bits per heavy atom. The molecular weight excluding hydrogens is 220 g/mol. The molecule has 0 aromatic heterocycles. The summed E-state index contributed by atoms with van der Waals surface area (Å²) in [7, 11) is 0. The van der Waals surface area contributed by atoms with E-state index in [1.165, 1.54) is 0 Å². The lowest BCUT2D eigenvalue weighted by atomic mass is 9.93. The largest absolute Gasteiger partial charge is 0.390 e. The average Bonchev–Trinajstić information content (AvgIpc) is 3.04. The standard InChI is InChI=1S/C9H16O7/c10-4(1-3-2-15-3)8-6(12)5(11)7(13)9(14)16-8/h3-14H,1-2H2/t3?,4?,5-,6-,7+,8+,9+/m0/s1. The predicted molar refractivity (Wildman–Crippen MR) is 49.3 cm³/mol. The Kier molecular flexibility index (Phi) is 3.45. The van der Waals surface area contributed by atoms with Gasteiger partial charge in [0, 0.05) is 6.42 Å². The highest BCUT2D eigenvalue weighted by molar-refractivity contribution is 4.93. The van der Waals surface area contributed by atoms with Crippen molar-refractivity contribution in [2.24, 2.45) is 0 Å². The second-order valence-electron chi connectivity index (χ2n) is 4.22. The number of hydrogen-bond donors (Lipinski definition) is 5. The molecule has 0 aliphatic carbocycles. The lowest BCUT2D eigenvalue weighted by molar-refractivity contribution is -0.297. The quantitative estimate of drug-likeness (QED) is 0.330. The van der Waals surface area contributed by atoms with Crippen LogP contribution in [0.25, 0.3) is 0 Å². The summed E-state index contributed by atoms with van der Waals surface area (Å²) in [6.45, 7) is 0.549. The molecule has 16 heavy (non-hydrogen) atoms. The number of ether oxygens (including phenoxy) is 2. The summed E-state index contributed by atoms with van der Waals surface area (Å²) in [5.41, 5.74) is 0. The van der Waals surface area contributed by atoms with Gasteiger partial charge in [0.25, 0.3) is 0 Å². The van der Waals surface area contributed by atoms with Gasteiger partial charge in [0.1, 0.15) is 24.4 Å². The molecule has 2 rings (SSSR count). The molecule has 0 saturated carbocycles. The van der Waals surface area contributed by atoms with Gasteiger partial charge in [-0.25, -0.2) is 0 Å². The van der Waals surface area contributed by atoms with E-state index in [9.17, 15) is 25.5 Å². The normalized spacial score (nSPS) is 50.1. The van der Waals surface area contributed by atoms with Crippen LogP contribution in [0.1, 0.15) is 6.42 Å². The summed E-state index contributed by atoms with van der Waals surface area (Å²) in [4.78, 5) is 0. The fourth-order valence-corrected chi connectivity index (χ4v) is 1.81. The van der Waals surface area contributed by atoms with Crippen molar-refractivity contribution in [3.8, 4) is 0 Å². The van der Waals surface area contributed by atoms with Crippen molar-refractivity contribution >= 4 is 0 Å². The zero-order chi connectivity index (χ0) is 11.9. The van der Waals surface area contributed by atoms with Gasteiger partial charge in [-0.05, 0) is 0 Å². The minimum absolute atomic E-state index is 0.0630. The molecule has 2 fully saturated rings. The SMILES string of the molecule is OC(CC1CO1)[C@H]1O[C@@H](O)[C@H](O)[C@@H](O)[C@@H]1O. The smallest absolute Gasteiger partial charge is 0.184 e. The molecular formula is C9H16O7. The first kappa shape index (κ1) is 12.2. The summed E-state index contributed by atoms with van der Waals surface area (Å²) in [5, 5.41) is 47.2. The van der Waals surface area contributed by atoms with E-state index in [4.69, 9.17) is 9.47 Å². The average molecular weight is 236 g/mol. The van der Waals surface area contributed by atoms with Crippen LogP contribution in [-0.2, 0) is 9.47 Å². The van der Waals surface area contributed by atoms with Gasteiger partial charge < -0.3 is 35.0 Å². The maximum Gasteiger partial charge on any atom is 0.184 e. The van der Waals surface area contributed by atoms with Gasteiger partial charge in [-0.2, -0.15) is 0 Å². The zero-order valence-corrected chi connectivity index (χ0v) is 8.51. The number of epoxide rings is 1. The first-order valence-electron chi connectivity index (χ1n) is 5.18. The zero-order valence-electron chi connectivity index (χ0n) is 8.51. The Morgan fingerprint density at radius 2 is 1.69 bits per heavy atom. The predicted octanol–water partition coefficient (Wildman–Crippen LogP) is -3.06. The topological polar surface area (TPSA) is 123 Å². The van der Waals surface area contributed by atoms with Crippen LogP contribution in [0.2, 0.25) is 0 Å². The fourth-order valence-electron chi connectivity index (χ4n) is 1.81. The lowest BCUT2D eigenvalue weighted by Gasteiger charge is -2.40. The van der Waals surface area contributed by atoms with E-state index < -0.39 is 36.8 Å². The van der Waals surface area contributed by atoms with Gasteiger partial charge >= 0.3 is 0 Å². The van der Waals surface area contributed by atoms with E-state index in [0.717, 1.165) is 0 Å². The van der Waals surface area contributed by atoms with Crippen molar-refractivity contribution in [3.63, 3.8) is 0 Å². The minimum atomic E-state index is -1.61.